The van der Waals surface area contributed by atoms with Gasteiger partial charge in [0.25, 0.3) is 5.91 Å². The zero-order valence-electron chi connectivity index (χ0n) is 10.2. The van der Waals surface area contributed by atoms with Crippen LogP contribution in [0.3, 0.4) is 0 Å². The van der Waals surface area contributed by atoms with Crippen molar-refractivity contribution >= 4 is 39.7 Å². The molecule has 0 aliphatic heterocycles. The molecule has 0 saturated heterocycles. The Hall–Kier alpha value is -1.85. The molecule has 0 heterocycles. The highest BCUT2D eigenvalue weighted by atomic mass is 79.9. The number of phenols is 1. The van der Waals surface area contributed by atoms with Crippen molar-refractivity contribution in [1.82, 2.24) is 5.43 Å². The lowest BCUT2D eigenvalue weighted by atomic mass is 10.2. The largest absolute Gasteiger partial charge is 0.507 e. The summed E-state index contributed by atoms with van der Waals surface area (Å²) in [6.07, 6.45) is 1.51. The summed E-state index contributed by atoms with van der Waals surface area (Å²) in [5, 5.41) is 13.8. The van der Waals surface area contributed by atoms with Gasteiger partial charge in [-0.2, -0.15) is 5.10 Å². The fourth-order valence-corrected chi connectivity index (χ4v) is 1.90. The lowest BCUT2D eigenvalue weighted by molar-refractivity contribution is 0.0952. The first kappa shape index (κ1) is 14.6. The molecule has 0 bridgehead atoms. The number of hydrogen-bond donors (Lipinski definition) is 2. The lowest BCUT2D eigenvalue weighted by Crippen LogP contribution is -2.17. The second-order valence-electron chi connectivity index (χ2n) is 3.91. The van der Waals surface area contributed by atoms with Crippen molar-refractivity contribution in [2.24, 2.45) is 5.10 Å². The molecule has 1 amide bonds. The number of aromatic hydroxyl groups is 1. The van der Waals surface area contributed by atoms with Crippen molar-refractivity contribution in [2.45, 2.75) is 0 Å². The summed E-state index contributed by atoms with van der Waals surface area (Å²) in [7, 11) is 0. The van der Waals surface area contributed by atoms with Crippen molar-refractivity contribution in [3.8, 4) is 5.75 Å². The quantitative estimate of drug-likeness (QED) is 0.654. The van der Waals surface area contributed by atoms with Gasteiger partial charge in [0.2, 0.25) is 0 Å². The number of nitrogens with one attached hydrogen (secondary N) is 1. The molecular weight excluding hydrogens is 344 g/mol. The topological polar surface area (TPSA) is 61.7 Å². The highest BCUT2D eigenvalue weighted by molar-refractivity contribution is 9.10. The summed E-state index contributed by atoms with van der Waals surface area (Å²) < 4.78 is 0.961. The number of carbonyl (C=O) groups excluding carboxylic acids is 1. The zero-order chi connectivity index (χ0) is 14.5. The van der Waals surface area contributed by atoms with Gasteiger partial charge in [-0.05, 0) is 35.9 Å². The third kappa shape index (κ3) is 3.82. The summed E-state index contributed by atoms with van der Waals surface area (Å²) in [6.45, 7) is 0. The highest BCUT2D eigenvalue weighted by Gasteiger charge is 2.10. The third-order valence-corrected chi connectivity index (χ3v) is 3.22. The molecule has 2 rings (SSSR count). The van der Waals surface area contributed by atoms with E-state index in [-0.39, 0.29) is 11.3 Å². The van der Waals surface area contributed by atoms with E-state index in [4.69, 9.17) is 11.6 Å². The number of carbonyl (C=O) groups is 1. The molecule has 2 aromatic rings. The van der Waals surface area contributed by atoms with Crippen LogP contribution in [0.2, 0.25) is 5.02 Å². The molecule has 0 aromatic heterocycles. The summed E-state index contributed by atoms with van der Waals surface area (Å²) in [6, 6.07) is 11.7. The summed E-state index contributed by atoms with van der Waals surface area (Å²) in [4.78, 5) is 11.8. The molecule has 0 atom stereocenters. The van der Waals surface area contributed by atoms with E-state index in [1.165, 1.54) is 24.4 Å². The first-order chi connectivity index (χ1) is 9.56. The van der Waals surface area contributed by atoms with E-state index in [1.54, 1.807) is 0 Å². The maximum absolute atomic E-state index is 11.8. The van der Waals surface area contributed by atoms with Gasteiger partial charge in [0.05, 0.1) is 11.8 Å². The molecule has 0 aliphatic carbocycles. The Kier molecular flexibility index (Phi) is 4.76. The molecule has 4 nitrogen and oxygen atoms in total. The van der Waals surface area contributed by atoms with Crippen molar-refractivity contribution in [3.05, 3.63) is 63.1 Å². The smallest absolute Gasteiger partial charge is 0.275 e. The van der Waals surface area contributed by atoms with Crippen molar-refractivity contribution in [2.75, 3.05) is 0 Å². The fourth-order valence-electron chi connectivity index (χ4n) is 1.46. The standard InChI is InChI=1S/C14H10BrClN2O2/c15-10-3-1-9(2-4-10)8-17-18-14(20)12-7-11(16)5-6-13(12)19/h1-8,19H,(H,18,20)/b17-8+. The first-order valence-electron chi connectivity index (χ1n) is 5.64. The van der Waals surface area contributed by atoms with Gasteiger partial charge in [-0.15, -0.1) is 0 Å². The number of hydrogen-bond acceptors (Lipinski definition) is 3. The number of rotatable bonds is 3. The SMILES string of the molecule is O=C(N/N=C/c1ccc(Br)cc1)c1cc(Cl)ccc1O. The number of benzene rings is 2. The van der Waals surface area contributed by atoms with Gasteiger partial charge in [-0.25, -0.2) is 5.43 Å². The first-order valence-corrected chi connectivity index (χ1v) is 6.81. The van der Waals surface area contributed by atoms with Crippen LogP contribution < -0.4 is 5.43 Å². The van der Waals surface area contributed by atoms with Crippen LogP contribution in [-0.2, 0) is 0 Å². The molecule has 6 heteroatoms. The predicted molar refractivity (Wildman–Crippen MR) is 82.3 cm³/mol. The van der Waals surface area contributed by atoms with Crippen LogP contribution in [0.15, 0.2) is 52.0 Å². The molecular formula is C14H10BrClN2O2. The molecule has 0 aliphatic rings. The highest BCUT2D eigenvalue weighted by Crippen LogP contribution is 2.21. The van der Waals surface area contributed by atoms with Gasteiger partial charge in [-0.1, -0.05) is 39.7 Å². The average molecular weight is 354 g/mol. The number of amides is 1. The van der Waals surface area contributed by atoms with Crippen LogP contribution >= 0.6 is 27.5 Å². The van der Waals surface area contributed by atoms with Crippen LogP contribution in [0.25, 0.3) is 0 Å². The van der Waals surface area contributed by atoms with Gasteiger partial charge >= 0.3 is 0 Å². The molecule has 0 spiro atoms. The van der Waals surface area contributed by atoms with E-state index in [1.807, 2.05) is 24.3 Å². The molecule has 0 radical (unpaired) electrons. The number of nitrogens with zero attached hydrogens (tertiary/aromatic N) is 1. The number of phenolic OH excluding ortho intramolecular Hbond substituents is 1. The summed E-state index contributed by atoms with van der Waals surface area (Å²) in [5.41, 5.74) is 3.24. The van der Waals surface area contributed by atoms with Crippen LogP contribution in [-0.4, -0.2) is 17.2 Å². The Bertz CT molecular complexity index is 657. The number of halogens is 2. The van der Waals surface area contributed by atoms with Crippen LogP contribution in [0.1, 0.15) is 15.9 Å². The Morgan fingerprint density at radius 1 is 1.25 bits per heavy atom. The maximum Gasteiger partial charge on any atom is 0.275 e. The van der Waals surface area contributed by atoms with E-state index < -0.39 is 5.91 Å². The Balaban J connectivity index is 2.05. The van der Waals surface area contributed by atoms with Crippen LogP contribution in [0.5, 0.6) is 5.75 Å². The van der Waals surface area contributed by atoms with Crippen LogP contribution in [0, 0.1) is 0 Å². The van der Waals surface area contributed by atoms with Gasteiger partial charge in [0.1, 0.15) is 5.75 Å². The monoisotopic (exact) mass is 352 g/mol. The van der Waals surface area contributed by atoms with Crippen molar-refractivity contribution in [1.29, 1.82) is 0 Å². The minimum atomic E-state index is -0.529. The second-order valence-corrected chi connectivity index (χ2v) is 5.26. The van der Waals surface area contributed by atoms with E-state index in [0.29, 0.717) is 5.02 Å². The predicted octanol–water partition coefficient (Wildman–Crippen LogP) is 3.57. The van der Waals surface area contributed by atoms with Gasteiger partial charge in [-0.3, -0.25) is 4.79 Å². The van der Waals surface area contributed by atoms with Crippen molar-refractivity contribution in [3.63, 3.8) is 0 Å². The zero-order valence-corrected chi connectivity index (χ0v) is 12.5. The minimum Gasteiger partial charge on any atom is -0.507 e. The number of hydrazone groups is 1. The maximum atomic E-state index is 11.8. The Labute approximate surface area is 129 Å². The van der Waals surface area contributed by atoms with E-state index in [9.17, 15) is 9.90 Å². The lowest BCUT2D eigenvalue weighted by Gasteiger charge is -2.03. The molecule has 20 heavy (non-hydrogen) atoms. The summed E-state index contributed by atoms with van der Waals surface area (Å²) >= 11 is 9.10. The van der Waals surface area contributed by atoms with E-state index in [0.717, 1.165) is 10.0 Å². The molecule has 2 N–H and O–H groups in total. The fraction of sp³-hybridized carbons (Fsp3) is 0. The molecule has 102 valence electrons. The van der Waals surface area contributed by atoms with Gasteiger partial charge in [0.15, 0.2) is 0 Å². The van der Waals surface area contributed by atoms with Gasteiger partial charge < -0.3 is 5.11 Å². The van der Waals surface area contributed by atoms with E-state index >= 15 is 0 Å². The third-order valence-electron chi connectivity index (χ3n) is 2.45. The average Bonchev–Trinajstić information content (AvgIpc) is 2.43. The Morgan fingerprint density at radius 3 is 2.65 bits per heavy atom. The molecule has 0 fully saturated rings. The Morgan fingerprint density at radius 2 is 1.95 bits per heavy atom. The van der Waals surface area contributed by atoms with E-state index in [2.05, 4.69) is 26.5 Å². The second kappa shape index (κ2) is 6.54. The summed E-state index contributed by atoms with van der Waals surface area (Å²) in [5.74, 6) is -0.677. The normalized spacial score (nSPS) is 10.7. The minimum absolute atomic E-state index is 0.0745. The molecule has 2 aromatic carbocycles. The molecule has 0 saturated carbocycles. The van der Waals surface area contributed by atoms with Crippen LogP contribution in [0.4, 0.5) is 0 Å². The molecule has 0 unspecified atom stereocenters. The van der Waals surface area contributed by atoms with Gasteiger partial charge in [0, 0.05) is 9.50 Å². The van der Waals surface area contributed by atoms with Crippen molar-refractivity contribution < 1.29 is 9.90 Å².